The van der Waals surface area contributed by atoms with Crippen molar-refractivity contribution < 1.29 is 0 Å². The van der Waals surface area contributed by atoms with Crippen LogP contribution in [0.2, 0.25) is 0 Å². The minimum absolute atomic E-state index is 0.746. The van der Waals surface area contributed by atoms with E-state index in [0.29, 0.717) is 0 Å². The van der Waals surface area contributed by atoms with Crippen molar-refractivity contribution in [2.75, 3.05) is 13.1 Å². The van der Waals surface area contributed by atoms with Crippen molar-refractivity contribution in [2.45, 2.75) is 26.8 Å². The normalized spacial score (nSPS) is 20.7. The number of likely N-dealkylation sites (tertiary alicyclic amines) is 1. The van der Waals surface area contributed by atoms with Crippen molar-refractivity contribution in [1.82, 2.24) is 4.90 Å². The molecule has 1 atom stereocenters. The minimum atomic E-state index is 0.746. The van der Waals surface area contributed by atoms with E-state index in [-0.39, 0.29) is 0 Å². The molecule has 1 aromatic rings. The predicted molar refractivity (Wildman–Crippen MR) is 69.4 cm³/mol. The van der Waals surface area contributed by atoms with Gasteiger partial charge in [0.25, 0.3) is 0 Å². The summed E-state index contributed by atoms with van der Waals surface area (Å²) < 4.78 is 0. The molecule has 1 aromatic carbocycles. The molecule has 1 aliphatic rings. The van der Waals surface area contributed by atoms with Crippen LogP contribution in [0.3, 0.4) is 0 Å². The molecule has 17 heavy (non-hydrogen) atoms. The van der Waals surface area contributed by atoms with Gasteiger partial charge in [0.05, 0.1) is 11.6 Å². The van der Waals surface area contributed by atoms with Crippen molar-refractivity contribution in [1.29, 1.82) is 5.26 Å². The molecule has 0 aromatic heterocycles. The topological polar surface area (TPSA) is 27.0 Å². The van der Waals surface area contributed by atoms with Crippen molar-refractivity contribution in [2.24, 2.45) is 11.8 Å². The van der Waals surface area contributed by atoms with Crippen LogP contribution in [0.1, 0.15) is 31.4 Å². The molecule has 0 N–H and O–H groups in total. The third-order valence-electron chi connectivity index (χ3n) is 3.74. The summed E-state index contributed by atoms with van der Waals surface area (Å²) in [4.78, 5) is 2.52. The van der Waals surface area contributed by atoms with E-state index in [0.717, 1.165) is 23.9 Å². The Kier molecular flexibility index (Phi) is 3.81. The lowest BCUT2D eigenvalue weighted by molar-refractivity contribution is 0.297. The van der Waals surface area contributed by atoms with Crippen LogP contribution in [-0.2, 0) is 6.54 Å². The van der Waals surface area contributed by atoms with Crippen LogP contribution >= 0.6 is 0 Å². The van der Waals surface area contributed by atoms with Crippen LogP contribution in [-0.4, -0.2) is 18.0 Å². The Morgan fingerprint density at radius 2 is 2.06 bits per heavy atom. The zero-order chi connectivity index (χ0) is 12.3. The van der Waals surface area contributed by atoms with E-state index in [2.05, 4.69) is 36.9 Å². The fourth-order valence-electron chi connectivity index (χ4n) is 2.49. The van der Waals surface area contributed by atoms with E-state index in [1.165, 1.54) is 25.1 Å². The van der Waals surface area contributed by atoms with Crippen LogP contribution in [0.4, 0.5) is 0 Å². The lowest BCUT2D eigenvalue weighted by Gasteiger charge is -2.17. The summed E-state index contributed by atoms with van der Waals surface area (Å²) in [5.74, 6) is 1.65. The number of hydrogen-bond acceptors (Lipinski definition) is 2. The van der Waals surface area contributed by atoms with Gasteiger partial charge in [0.2, 0.25) is 0 Å². The highest BCUT2D eigenvalue weighted by atomic mass is 15.1. The van der Waals surface area contributed by atoms with Crippen LogP contribution in [0.5, 0.6) is 0 Å². The van der Waals surface area contributed by atoms with Gasteiger partial charge in [-0.05, 0) is 42.5 Å². The molecule has 0 radical (unpaired) electrons. The van der Waals surface area contributed by atoms with Gasteiger partial charge < -0.3 is 0 Å². The van der Waals surface area contributed by atoms with Gasteiger partial charge >= 0.3 is 0 Å². The Labute approximate surface area is 104 Å². The molecule has 90 valence electrons. The lowest BCUT2D eigenvalue weighted by Crippen LogP contribution is -2.21. The van der Waals surface area contributed by atoms with Crippen LogP contribution in [0.15, 0.2) is 24.3 Å². The molecule has 1 heterocycles. The average Bonchev–Trinajstić information content (AvgIpc) is 2.79. The maximum absolute atomic E-state index is 8.75. The van der Waals surface area contributed by atoms with Crippen molar-refractivity contribution >= 4 is 0 Å². The molecule has 0 bridgehead atoms. The maximum atomic E-state index is 8.75. The van der Waals surface area contributed by atoms with Crippen LogP contribution < -0.4 is 0 Å². The average molecular weight is 228 g/mol. The van der Waals surface area contributed by atoms with Crippen LogP contribution in [0.25, 0.3) is 0 Å². The lowest BCUT2D eigenvalue weighted by atomic mass is 9.95. The summed E-state index contributed by atoms with van der Waals surface area (Å²) in [6, 6.07) is 10.1. The number of nitriles is 1. The summed E-state index contributed by atoms with van der Waals surface area (Å²) in [6.45, 7) is 8.08. The largest absolute Gasteiger partial charge is 0.299 e. The van der Waals surface area contributed by atoms with Gasteiger partial charge in [-0.15, -0.1) is 0 Å². The molecule has 1 unspecified atom stereocenters. The summed E-state index contributed by atoms with van der Waals surface area (Å²) in [6.07, 6.45) is 1.33. The fraction of sp³-hybridized carbons (Fsp3) is 0.533. The molecule has 2 nitrogen and oxygen atoms in total. The zero-order valence-corrected chi connectivity index (χ0v) is 10.7. The highest BCUT2D eigenvalue weighted by Gasteiger charge is 2.24. The van der Waals surface area contributed by atoms with Gasteiger partial charge in [-0.1, -0.05) is 26.0 Å². The highest BCUT2D eigenvalue weighted by molar-refractivity contribution is 5.31. The Morgan fingerprint density at radius 1 is 1.35 bits per heavy atom. The Balaban J connectivity index is 1.91. The third-order valence-corrected chi connectivity index (χ3v) is 3.74. The smallest absolute Gasteiger partial charge is 0.0991 e. The summed E-state index contributed by atoms with van der Waals surface area (Å²) >= 11 is 0. The Morgan fingerprint density at radius 3 is 2.59 bits per heavy atom. The monoisotopic (exact) mass is 228 g/mol. The second kappa shape index (κ2) is 5.33. The SMILES string of the molecule is CC(C)C1CCN(Cc2ccc(C#N)cc2)C1. The zero-order valence-electron chi connectivity index (χ0n) is 10.7. The number of nitrogens with zero attached hydrogens (tertiary/aromatic N) is 2. The fourth-order valence-corrected chi connectivity index (χ4v) is 2.49. The van der Waals surface area contributed by atoms with E-state index in [4.69, 9.17) is 5.26 Å². The van der Waals surface area contributed by atoms with E-state index < -0.39 is 0 Å². The third kappa shape index (κ3) is 3.08. The first-order valence-corrected chi connectivity index (χ1v) is 6.40. The molecule has 1 saturated heterocycles. The van der Waals surface area contributed by atoms with E-state index in [1.807, 2.05) is 12.1 Å². The van der Waals surface area contributed by atoms with Gasteiger partial charge in [-0.25, -0.2) is 0 Å². The van der Waals surface area contributed by atoms with Crippen molar-refractivity contribution in [3.8, 4) is 6.07 Å². The quantitative estimate of drug-likeness (QED) is 0.795. The summed E-state index contributed by atoms with van der Waals surface area (Å²) in [7, 11) is 0. The molecule has 0 amide bonds. The van der Waals surface area contributed by atoms with Gasteiger partial charge in [0.1, 0.15) is 0 Å². The first kappa shape index (κ1) is 12.1. The van der Waals surface area contributed by atoms with Crippen molar-refractivity contribution in [3.63, 3.8) is 0 Å². The van der Waals surface area contributed by atoms with Gasteiger partial charge in [0, 0.05) is 13.1 Å². The van der Waals surface area contributed by atoms with Gasteiger partial charge in [-0.3, -0.25) is 4.90 Å². The summed E-state index contributed by atoms with van der Waals surface area (Å²) in [5, 5.41) is 8.75. The standard InChI is InChI=1S/C15H20N2/c1-12(2)15-7-8-17(11-15)10-14-5-3-13(9-16)4-6-14/h3-6,12,15H,7-8,10-11H2,1-2H3. The molecule has 2 rings (SSSR count). The van der Waals surface area contributed by atoms with Gasteiger partial charge in [0.15, 0.2) is 0 Å². The molecule has 1 aliphatic heterocycles. The van der Waals surface area contributed by atoms with E-state index >= 15 is 0 Å². The second-order valence-electron chi connectivity index (χ2n) is 5.34. The van der Waals surface area contributed by atoms with Crippen LogP contribution in [0, 0.1) is 23.2 Å². The minimum Gasteiger partial charge on any atom is -0.299 e. The number of rotatable bonds is 3. The molecule has 1 fully saturated rings. The molecular weight excluding hydrogens is 208 g/mol. The molecular formula is C15H20N2. The highest BCUT2D eigenvalue weighted by Crippen LogP contribution is 2.24. The Bertz CT molecular complexity index is 400. The van der Waals surface area contributed by atoms with Gasteiger partial charge in [-0.2, -0.15) is 5.26 Å². The maximum Gasteiger partial charge on any atom is 0.0991 e. The van der Waals surface area contributed by atoms with E-state index in [1.54, 1.807) is 0 Å². The van der Waals surface area contributed by atoms with Crippen molar-refractivity contribution in [3.05, 3.63) is 35.4 Å². The predicted octanol–water partition coefficient (Wildman–Crippen LogP) is 3.04. The summed E-state index contributed by atoms with van der Waals surface area (Å²) in [5.41, 5.74) is 2.06. The first-order chi connectivity index (χ1) is 8.19. The number of hydrogen-bond donors (Lipinski definition) is 0. The Hall–Kier alpha value is -1.33. The van der Waals surface area contributed by atoms with E-state index in [9.17, 15) is 0 Å². The first-order valence-electron chi connectivity index (χ1n) is 6.40. The molecule has 2 heteroatoms. The second-order valence-corrected chi connectivity index (χ2v) is 5.34. The molecule has 0 spiro atoms. The molecule has 0 aliphatic carbocycles. The number of benzene rings is 1. The molecule has 0 saturated carbocycles.